The summed E-state index contributed by atoms with van der Waals surface area (Å²) >= 11 is 0. The van der Waals surface area contributed by atoms with E-state index in [2.05, 4.69) is 102 Å². The maximum atomic E-state index is 2.48. The Morgan fingerprint density at radius 3 is 1.73 bits per heavy atom. The van der Waals surface area contributed by atoms with Gasteiger partial charge in [0.1, 0.15) is 0 Å². The Kier molecular flexibility index (Phi) is 5.11. The largest absolute Gasteiger partial charge is 0.0622 e. The normalized spacial score (nSPS) is 13.9. The quantitative estimate of drug-likeness (QED) is 0.597. The van der Waals surface area contributed by atoms with Gasteiger partial charge in [0.15, 0.2) is 0 Å². The van der Waals surface area contributed by atoms with Crippen molar-refractivity contribution >= 4 is 0 Å². The average molecular weight is 293 g/mol. The van der Waals surface area contributed by atoms with Crippen LogP contribution in [0.25, 0.3) is 0 Å². The summed E-state index contributed by atoms with van der Waals surface area (Å²) in [5, 5.41) is 0. The molecule has 2 aromatic rings. The van der Waals surface area contributed by atoms with Crippen molar-refractivity contribution in [2.24, 2.45) is 5.92 Å². The predicted molar refractivity (Wildman–Crippen MR) is 97.0 cm³/mol. The van der Waals surface area contributed by atoms with Crippen LogP contribution in [0.15, 0.2) is 60.7 Å². The molecule has 0 aromatic heterocycles. The van der Waals surface area contributed by atoms with Crippen LogP contribution in [0.1, 0.15) is 52.2 Å². The molecule has 0 saturated carbocycles. The molecule has 0 saturated heterocycles. The van der Waals surface area contributed by atoms with Crippen molar-refractivity contribution in [3.63, 3.8) is 0 Å². The summed E-state index contributed by atoms with van der Waals surface area (Å²) in [5.74, 6) is 0.595. The number of hydrogen-bond donors (Lipinski definition) is 0. The second kappa shape index (κ2) is 6.69. The molecule has 22 heavy (non-hydrogen) atoms. The number of hydrogen-bond acceptors (Lipinski definition) is 0. The summed E-state index contributed by atoms with van der Waals surface area (Å²) in [6.45, 7) is 11.7. The Morgan fingerprint density at radius 2 is 1.23 bits per heavy atom. The highest BCUT2D eigenvalue weighted by atomic mass is 14.3. The van der Waals surface area contributed by atoms with Crippen molar-refractivity contribution in [2.75, 3.05) is 0 Å². The van der Waals surface area contributed by atoms with Gasteiger partial charge in [-0.15, -0.1) is 0 Å². The molecule has 1 atom stereocenters. The molecule has 0 aliphatic rings. The summed E-state index contributed by atoms with van der Waals surface area (Å²) < 4.78 is 0. The third-order valence-electron chi connectivity index (χ3n) is 5.25. The Labute approximate surface area is 136 Å². The molecule has 0 aliphatic carbocycles. The molecule has 0 bridgehead atoms. The van der Waals surface area contributed by atoms with Gasteiger partial charge in [-0.25, -0.2) is 0 Å². The van der Waals surface area contributed by atoms with Crippen LogP contribution in [0.2, 0.25) is 0 Å². The summed E-state index contributed by atoms with van der Waals surface area (Å²) in [5.41, 5.74) is 3.11. The molecule has 0 nitrogen and oxygen atoms in total. The van der Waals surface area contributed by atoms with Gasteiger partial charge in [-0.2, -0.15) is 0 Å². The van der Waals surface area contributed by atoms with E-state index in [0.29, 0.717) is 5.92 Å². The topological polar surface area (TPSA) is 0 Å². The van der Waals surface area contributed by atoms with Crippen molar-refractivity contribution in [1.29, 1.82) is 0 Å². The zero-order valence-electron chi connectivity index (χ0n) is 14.6. The lowest BCUT2D eigenvalue weighted by atomic mass is 9.69. The highest BCUT2D eigenvalue weighted by Gasteiger charge is 2.30. The highest BCUT2D eigenvalue weighted by Crippen LogP contribution is 2.37. The van der Waals surface area contributed by atoms with Gasteiger partial charge in [0.25, 0.3) is 0 Å². The predicted octanol–water partition coefficient (Wildman–Crippen LogP) is 6.17. The zero-order valence-corrected chi connectivity index (χ0v) is 14.6. The van der Waals surface area contributed by atoms with Gasteiger partial charge in [0, 0.05) is 0 Å². The van der Waals surface area contributed by atoms with Crippen molar-refractivity contribution in [3.05, 3.63) is 78.2 Å². The van der Waals surface area contributed by atoms with Crippen LogP contribution in [-0.2, 0) is 10.8 Å². The first kappa shape index (κ1) is 16.8. The molecule has 117 valence electrons. The molecule has 1 unspecified atom stereocenters. The van der Waals surface area contributed by atoms with Gasteiger partial charge in [-0.05, 0) is 40.7 Å². The van der Waals surface area contributed by atoms with E-state index in [1.54, 1.807) is 0 Å². The number of rotatable bonds is 6. The van der Waals surface area contributed by atoms with Gasteiger partial charge in [0.05, 0.1) is 0 Å². The van der Waals surface area contributed by atoms with Gasteiger partial charge < -0.3 is 0 Å². The minimum absolute atomic E-state index is 0.113. The fourth-order valence-electron chi connectivity index (χ4n) is 2.90. The summed E-state index contributed by atoms with van der Waals surface area (Å²) in [6, 6.07) is 21.7. The molecule has 0 heteroatoms. The van der Waals surface area contributed by atoms with Crippen LogP contribution in [0.3, 0.4) is 0 Å². The molecule has 2 aromatic carbocycles. The summed E-state index contributed by atoms with van der Waals surface area (Å²) in [6.07, 6.45) is 3.60. The molecule has 0 fully saturated rings. The van der Waals surface area contributed by atoms with E-state index in [1.165, 1.54) is 11.1 Å². The van der Waals surface area contributed by atoms with Crippen molar-refractivity contribution in [2.45, 2.75) is 51.9 Å². The Hall–Kier alpha value is -1.56. The highest BCUT2D eigenvalue weighted by molar-refractivity contribution is 5.28. The Bertz CT molecular complexity index is 564. The minimum Gasteiger partial charge on any atom is -0.0622 e. The second-order valence-corrected chi connectivity index (χ2v) is 7.52. The Morgan fingerprint density at radius 1 is 0.773 bits per heavy atom. The standard InChI is InChI=1S/C22H29/c1-18(22(4,5)20-14-10-7-11-15-20)16-17-21(2,3)19-12-8-6-9-13-19/h6-15,17-18H,16H2,1-5H3. The van der Waals surface area contributed by atoms with E-state index in [-0.39, 0.29) is 10.8 Å². The van der Waals surface area contributed by atoms with Crippen molar-refractivity contribution in [3.8, 4) is 0 Å². The van der Waals surface area contributed by atoms with Crippen LogP contribution in [-0.4, -0.2) is 0 Å². The first-order valence-corrected chi connectivity index (χ1v) is 8.29. The van der Waals surface area contributed by atoms with E-state index in [0.717, 1.165) is 6.42 Å². The molecule has 0 heterocycles. The Balaban J connectivity index is 2.05. The minimum atomic E-state index is 0.113. The van der Waals surface area contributed by atoms with Crippen LogP contribution in [0.5, 0.6) is 0 Å². The second-order valence-electron chi connectivity index (χ2n) is 7.52. The van der Waals surface area contributed by atoms with Gasteiger partial charge >= 0.3 is 0 Å². The van der Waals surface area contributed by atoms with Crippen LogP contribution >= 0.6 is 0 Å². The first-order valence-electron chi connectivity index (χ1n) is 8.29. The van der Waals surface area contributed by atoms with Crippen molar-refractivity contribution in [1.82, 2.24) is 0 Å². The van der Waals surface area contributed by atoms with Gasteiger partial charge in [0.2, 0.25) is 0 Å². The lowest BCUT2D eigenvalue weighted by Crippen LogP contribution is -2.29. The molecule has 0 N–H and O–H groups in total. The monoisotopic (exact) mass is 293 g/mol. The SMILES string of the molecule is CC(C[CH]C(C)(C)c1ccccc1)C(C)(C)c1ccccc1. The summed E-state index contributed by atoms with van der Waals surface area (Å²) in [4.78, 5) is 0. The van der Waals surface area contributed by atoms with E-state index in [4.69, 9.17) is 0 Å². The fraction of sp³-hybridized carbons (Fsp3) is 0.409. The van der Waals surface area contributed by atoms with Gasteiger partial charge in [-0.1, -0.05) is 95.3 Å². The smallest absolute Gasteiger partial charge is 0.00723 e. The molecular formula is C22H29. The van der Waals surface area contributed by atoms with Gasteiger partial charge in [-0.3, -0.25) is 0 Å². The van der Waals surface area contributed by atoms with E-state index < -0.39 is 0 Å². The molecular weight excluding hydrogens is 264 g/mol. The summed E-state index contributed by atoms with van der Waals surface area (Å²) in [7, 11) is 0. The van der Waals surface area contributed by atoms with Crippen LogP contribution in [0, 0.1) is 12.3 Å². The lowest BCUT2D eigenvalue weighted by molar-refractivity contribution is 0.327. The number of benzene rings is 2. The fourth-order valence-corrected chi connectivity index (χ4v) is 2.90. The lowest BCUT2D eigenvalue weighted by Gasteiger charge is -2.35. The first-order chi connectivity index (χ1) is 10.3. The van der Waals surface area contributed by atoms with E-state index in [1.807, 2.05) is 0 Å². The maximum absolute atomic E-state index is 2.48. The average Bonchev–Trinajstić information content (AvgIpc) is 2.54. The van der Waals surface area contributed by atoms with E-state index >= 15 is 0 Å². The maximum Gasteiger partial charge on any atom is -0.00723 e. The molecule has 2 rings (SSSR count). The zero-order chi connectivity index (χ0) is 16.2. The van der Waals surface area contributed by atoms with E-state index in [9.17, 15) is 0 Å². The molecule has 1 radical (unpaired) electrons. The van der Waals surface area contributed by atoms with Crippen LogP contribution in [0.4, 0.5) is 0 Å². The molecule has 0 spiro atoms. The third-order valence-corrected chi connectivity index (χ3v) is 5.25. The molecule has 0 aliphatic heterocycles. The van der Waals surface area contributed by atoms with Crippen LogP contribution < -0.4 is 0 Å². The molecule has 0 amide bonds. The third kappa shape index (κ3) is 3.80. The van der Waals surface area contributed by atoms with Crippen molar-refractivity contribution < 1.29 is 0 Å².